The summed E-state index contributed by atoms with van der Waals surface area (Å²) >= 11 is 1.44. The second-order valence-corrected chi connectivity index (χ2v) is 12.0. The van der Waals surface area contributed by atoms with E-state index in [2.05, 4.69) is 32.4 Å². The lowest BCUT2D eigenvalue weighted by atomic mass is 9.78. The highest BCUT2D eigenvalue weighted by Gasteiger charge is 2.40. The zero-order valence-corrected chi connectivity index (χ0v) is 23.4. The number of aliphatic hydroxyl groups excluding tert-OH is 1. The predicted octanol–water partition coefficient (Wildman–Crippen LogP) is 3.81. The van der Waals surface area contributed by atoms with E-state index < -0.39 is 0 Å². The molecule has 3 aromatic rings. The minimum Gasteiger partial charge on any atom is -0.495 e. The zero-order chi connectivity index (χ0) is 26.9. The molecule has 2 aliphatic carbocycles. The van der Waals surface area contributed by atoms with E-state index in [0.29, 0.717) is 23.8 Å². The van der Waals surface area contributed by atoms with Gasteiger partial charge in [0, 0.05) is 55.0 Å². The first kappa shape index (κ1) is 26.6. The minimum absolute atomic E-state index is 0.0343. The quantitative estimate of drug-likeness (QED) is 0.388. The van der Waals surface area contributed by atoms with E-state index in [4.69, 9.17) is 9.47 Å². The molecule has 1 amide bonds. The van der Waals surface area contributed by atoms with Crippen molar-refractivity contribution in [1.82, 2.24) is 20.2 Å². The molecule has 2 saturated carbocycles. The topological polar surface area (TPSA) is 109 Å². The van der Waals surface area contributed by atoms with Crippen molar-refractivity contribution < 1.29 is 19.4 Å². The molecule has 2 aromatic heterocycles. The largest absolute Gasteiger partial charge is 0.495 e. The van der Waals surface area contributed by atoms with E-state index in [-0.39, 0.29) is 24.0 Å². The molecule has 1 aromatic carbocycles. The molecule has 208 valence electrons. The maximum atomic E-state index is 13.0. The van der Waals surface area contributed by atoms with Crippen LogP contribution in [-0.4, -0.2) is 76.9 Å². The second kappa shape index (κ2) is 11.5. The Labute approximate surface area is 232 Å². The third kappa shape index (κ3) is 5.53. The van der Waals surface area contributed by atoms with Crippen molar-refractivity contribution in [3.8, 4) is 16.9 Å². The molecule has 1 aliphatic heterocycles. The van der Waals surface area contributed by atoms with Gasteiger partial charge < -0.3 is 25.2 Å². The number of thiazole rings is 1. The second-order valence-electron chi connectivity index (χ2n) is 11.0. The molecule has 3 fully saturated rings. The fourth-order valence-electron chi connectivity index (χ4n) is 6.09. The van der Waals surface area contributed by atoms with Crippen molar-refractivity contribution >= 4 is 32.6 Å². The first-order valence-electron chi connectivity index (χ1n) is 14.0. The molecule has 0 radical (unpaired) electrons. The average Bonchev–Trinajstić information content (AvgIpc) is 3.52. The number of aromatic nitrogens is 2. The number of benzene rings is 1. The molecule has 0 unspecified atom stereocenters. The standard InChI is InChI=1S/C29H37N5O4S/c1-17-14-30-10-11-34(17)21-12-19(13-21)28(36)33-29-32-23-9-8-22(26(37-2)27(23)39-29)18-6-7-20(31-15-18)16-38-25-5-3-4-24(25)35/h6-9,15,17,19,21,24-25,30,35H,3-5,10-14,16H2,1-2H3,(H,32,33,36)/t17-,19?,21?,24-,25-/m0/s1. The van der Waals surface area contributed by atoms with Crippen LogP contribution >= 0.6 is 11.3 Å². The van der Waals surface area contributed by atoms with E-state index in [1.54, 1.807) is 7.11 Å². The fourth-order valence-corrected chi connectivity index (χ4v) is 7.09. The summed E-state index contributed by atoms with van der Waals surface area (Å²) in [5.74, 6) is 0.813. The van der Waals surface area contributed by atoms with Gasteiger partial charge >= 0.3 is 0 Å². The number of aliphatic hydroxyl groups is 1. The van der Waals surface area contributed by atoms with E-state index in [1.165, 1.54) is 11.3 Å². The Bertz CT molecular complexity index is 1310. The lowest BCUT2D eigenvalue weighted by Gasteiger charge is -2.47. The van der Waals surface area contributed by atoms with Crippen LogP contribution in [0.1, 0.15) is 44.7 Å². The Morgan fingerprint density at radius 2 is 2.13 bits per heavy atom. The lowest BCUT2D eigenvalue weighted by Crippen LogP contribution is -2.58. The lowest BCUT2D eigenvalue weighted by molar-refractivity contribution is -0.125. The molecule has 6 rings (SSSR count). The number of hydrogen-bond donors (Lipinski definition) is 3. The summed E-state index contributed by atoms with van der Waals surface area (Å²) < 4.78 is 12.6. The normalized spacial score (nSPS) is 27.4. The van der Waals surface area contributed by atoms with Crippen LogP contribution in [0, 0.1) is 5.92 Å². The molecular weight excluding hydrogens is 514 g/mol. The van der Waals surface area contributed by atoms with Crippen LogP contribution in [-0.2, 0) is 16.1 Å². The van der Waals surface area contributed by atoms with Crippen LogP contribution in [0.4, 0.5) is 5.13 Å². The first-order chi connectivity index (χ1) is 19.0. The summed E-state index contributed by atoms with van der Waals surface area (Å²) in [7, 11) is 1.66. The number of carbonyl (C=O) groups is 1. The van der Waals surface area contributed by atoms with Crippen molar-refractivity contribution in [2.24, 2.45) is 5.92 Å². The Morgan fingerprint density at radius 3 is 2.85 bits per heavy atom. The molecule has 9 nitrogen and oxygen atoms in total. The van der Waals surface area contributed by atoms with Gasteiger partial charge in [-0.05, 0) is 57.2 Å². The number of methoxy groups -OCH3 is 1. The van der Waals surface area contributed by atoms with Crippen LogP contribution < -0.4 is 15.4 Å². The van der Waals surface area contributed by atoms with E-state index in [1.807, 2.05) is 30.5 Å². The maximum Gasteiger partial charge on any atom is 0.229 e. The van der Waals surface area contributed by atoms with Crippen molar-refractivity contribution in [1.29, 1.82) is 0 Å². The van der Waals surface area contributed by atoms with Crippen molar-refractivity contribution in [2.45, 2.75) is 69.9 Å². The summed E-state index contributed by atoms with van der Waals surface area (Å²) in [5, 5.41) is 17.1. The number of nitrogens with zero attached hydrogens (tertiary/aromatic N) is 3. The predicted molar refractivity (Wildman–Crippen MR) is 152 cm³/mol. The number of rotatable bonds is 8. The molecule has 39 heavy (non-hydrogen) atoms. The van der Waals surface area contributed by atoms with Crippen molar-refractivity contribution in [3.63, 3.8) is 0 Å². The number of amides is 1. The zero-order valence-electron chi connectivity index (χ0n) is 22.6. The van der Waals surface area contributed by atoms with Gasteiger partial charge in [-0.15, -0.1) is 0 Å². The van der Waals surface area contributed by atoms with Gasteiger partial charge in [0.1, 0.15) is 5.75 Å². The van der Waals surface area contributed by atoms with E-state index in [0.717, 1.165) is 84.5 Å². The molecule has 10 heteroatoms. The first-order valence-corrected chi connectivity index (χ1v) is 14.8. The highest BCUT2D eigenvalue weighted by molar-refractivity contribution is 7.22. The van der Waals surface area contributed by atoms with Gasteiger partial charge in [0.2, 0.25) is 5.91 Å². The molecule has 3 aliphatic rings. The fraction of sp³-hybridized carbons (Fsp3) is 0.552. The van der Waals surface area contributed by atoms with Crippen LogP contribution in [0.25, 0.3) is 21.3 Å². The minimum atomic E-state index is -0.374. The van der Waals surface area contributed by atoms with Crippen LogP contribution in [0.5, 0.6) is 5.75 Å². The highest BCUT2D eigenvalue weighted by atomic mass is 32.1. The number of fused-ring (bicyclic) bond motifs is 1. The van der Waals surface area contributed by atoms with Crippen molar-refractivity contribution in [2.75, 3.05) is 32.1 Å². The number of ether oxygens (including phenoxy) is 2. The molecule has 3 heterocycles. The summed E-state index contributed by atoms with van der Waals surface area (Å²) in [6.45, 7) is 5.73. The Morgan fingerprint density at radius 1 is 1.26 bits per heavy atom. The monoisotopic (exact) mass is 551 g/mol. The summed E-state index contributed by atoms with van der Waals surface area (Å²) in [6.07, 6.45) is 5.86. The highest BCUT2D eigenvalue weighted by Crippen LogP contribution is 2.41. The van der Waals surface area contributed by atoms with E-state index >= 15 is 0 Å². The molecule has 3 N–H and O–H groups in total. The van der Waals surface area contributed by atoms with E-state index in [9.17, 15) is 9.90 Å². The average molecular weight is 552 g/mol. The third-order valence-electron chi connectivity index (χ3n) is 8.45. The SMILES string of the molecule is COc1c(-c2ccc(CO[C@H]3CCC[C@@H]3O)nc2)ccc2nc(NC(=O)C3CC(N4CCNC[C@@H]4C)C3)sc12. The number of nitrogens with one attached hydrogen (secondary N) is 2. The number of piperazine rings is 1. The molecular formula is C29H37N5O4S. The Balaban J connectivity index is 1.11. The Kier molecular flexibility index (Phi) is 7.82. The number of anilines is 1. The number of pyridine rings is 1. The van der Waals surface area contributed by atoms with Crippen LogP contribution in [0.15, 0.2) is 30.5 Å². The summed E-state index contributed by atoms with van der Waals surface area (Å²) in [6, 6.07) is 8.92. The summed E-state index contributed by atoms with van der Waals surface area (Å²) in [5.41, 5.74) is 3.47. The number of carbonyl (C=O) groups excluding carboxylic acids is 1. The third-order valence-corrected chi connectivity index (χ3v) is 9.44. The van der Waals surface area contributed by atoms with Crippen LogP contribution in [0.2, 0.25) is 0 Å². The van der Waals surface area contributed by atoms with Gasteiger partial charge in [-0.25, -0.2) is 4.98 Å². The van der Waals surface area contributed by atoms with Gasteiger partial charge in [-0.3, -0.25) is 14.7 Å². The van der Waals surface area contributed by atoms with Crippen molar-refractivity contribution in [3.05, 3.63) is 36.2 Å². The summed E-state index contributed by atoms with van der Waals surface area (Å²) in [4.78, 5) is 24.8. The number of hydrogen-bond acceptors (Lipinski definition) is 9. The Hall–Kier alpha value is -2.63. The molecule has 0 spiro atoms. The smallest absolute Gasteiger partial charge is 0.229 e. The van der Waals surface area contributed by atoms with Gasteiger partial charge in [0.05, 0.1) is 41.8 Å². The maximum absolute atomic E-state index is 13.0. The molecule has 0 bridgehead atoms. The van der Waals surface area contributed by atoms with Gasteiger partial charge in [0.25, 0.3) is 0 Å². The molecule has 1 saturated heterocycles. The van der Waals surface area contributed by atoms with Crippen LogP contribution in [0.3, 0.4) is 0 Å². The van der Waals surface area contributed by atoms with Gasteiger partial charge in [-0.2, -0.15) is 0 Å². The van der Waals surface area contributed by atoms with Gasteiger partial charge in [-0.1, -0.05) is 17.4 Å². The van der Waals surface area contributed by atoms with Gasteiger partial charge in [0.15, 0.2) is 5.13 Å². The molecule has 3 atom stereocenters.